The molecule has 0 fully saturated rings. The van der Waals surface area contributed by atoms with E-state index in [9.17, 15) is 4.79 Å². The van der Waals surface area contributed by atoms with Crippen LogP contribution in [0.5, 0.6) is 0 Å². The summed E-state index contributed by atoms with van der Waals surface area (Å²) in [5.41, 5.74) is -0.235. The topological polar surface area (TPSA) is 98.0 Å². The molecule has 5 heteroatoms. The van der Waals surface area contributed by atoms with E-state index in [4.69, 9.17) is 20.4 Å². The predicted octanol–water partition coefficient (Wildman–Crippen LogP) is -0.921. The summed E-state index contributed by atoms with van der Waals surface area (Å²) >= 11 is 0. The molecule has 0 spiro atoms. The Morgan fingerprint density at radius 2 is 1.92 bits per heavy atom. The second-order valence-corrected chi connectivity index (χ2v) is 2.59. The predicted molar refractivity (Wildman–Crippen MR) is 40.2 cm³/mol. The summed E-state index contributed by atoms with van der Waals surface area (Å²) < 4.78 is 0. The van der Waals surface area contributed by atoms with E-state index in [1.807, 2.05) is 0 Å². The van der Waals surface area contributed by atoms with Crippen LogP contribution in [-0.2, 0) is 4.79 Å². The van der Waals surface area contributed by atoms with Gasteiger partial charge in [0, 0.05) is 5.57 Å². The van der Waals surface area contributed by atoms with Crippen LogP contribution in [0.1, 0.15) is 13.8 Å². The lowest BCUT2D eigenvalue weighted by Gasteiger charge is -2.20. The molecular formula is C7H12O5. The molecule has 70 valence electrons. The van der Waals surface area contributed by atoms with E-state index in [2.05, 4.69) is 0 Å². The number of hydrogen-bond donors (Lipinski definition) is 4. The fourth-order valence-corrected chi connectivity index (χ4v) is 0.501. The van der Waals surface area contributed by atoms with Crippen LogP contribution in [0.15, 0.2) is 11.6 Å². The molecule has 0 aliphatic rings. The van der Waals surface area contributed by atoms with Gasteiger partial charge in [-0.1, -0.05) is 0 Å². The van der Waals surface area contributed by atoms with Crippen molar-refractivity contribution in [2.24, 2.45) is 0 Å². The minimum atomic E-state index is -2.48. The van der Waals surface area contributed by atoms with Gasteiger partial charge in [-0.3, -0.25) is 0 Å². The Morgan fingerprint density at radius 1 is 1.50 bits per heavy atom. The number of aliphatic hydroxyl groups excluding tert-OH is 1. The first-order chi connectivity index (χ1) is 5.27. The van der Waals surface area contributed by atoms with Gasteiger partial charge in [-0.2, -0.15) is 0 Å². The third kappa shape index (κ3) is 3.00. The number of carboxylic acid groups (broad SMARTS) is 1. The highest BCUT2D eigenvalue weighted by Gasteiger charge is 2.27. The molecule has 0 aromatic heterocycles. The summed E-state index contributed by atoms with van der Waals surface area (Å²) in [4.78, 5) is 10.2. The monoisotopic (exact) mass is 176 g/mol. The molecule has 0 heterocycles. The SMILES string of the molecule is C/C(=C\C(O)(O)C(C)O)C(=O)O. The summed E-state index contributed by atoms with van der Waals surface area (Å²) in [6.45, 7) is 2.34. The minimum Gasteiger partial charge on any atom is -0.478 e. The molecule has 0 radical (unpaired) electrons. The Morgan fingerprint density at radius 3 is 2.17 bits per heavy atom. The third-order valence-corrected chi connectivity index (χ3v) is 1.38. The molecule has 0 aliphatic heterocycles. The fraction of sp³-hybridized carbons (Fsp3) is 0.571. The third-order valence-electron chi connectivity index (χ3n) is 1.38. The molecule has 0 saturated heterocycles. The largest absolute Gasteiger partial charge is 0.478 e. The first kappa shape index (κ1) is 11.1. The van der Waals surface area contributed by atoms with Gasteiger partial charge >= 0.3 is 5.97 Å². The van der Waals surface area contributed by atoms with Crippen molar-refractivity contribution in [1.82, 2.24) is 0 Å². The van der Waals surface area contributed by atoms with Crippen LogP contribution in [0.25, 0.3) is 0 Å². The van der Waals surface area contributed by atoms with Crippen molar-refractivity contribution in [1.29, 1.82) is 0 Å². The first-order valence-corrected chi connectivity index (χ1v) is 3.33. The average molecular weight is 176 g/mol. The molecule has 4 N–H and O–H groups in total. The maximum Gasteiger partial charge on any atom is 0.331 e. The summed E-state index contributed by atoms with van der Waals surface area (Å²) in [5.74, 6) is -3.74. The molecule has 1 unspecified atom stereocenters. The smallest absolute Gasteiger partial charge is 0.331 e. The first-order valence-electron chi connectivity index (χ1n) is 3.33. The molecule has 0 rings (SSSR count). The van der Waals surface area contributed by atoms with Gasteiger partial charge in [-0.25, -0.2) is 4.79 Å². The lowest BCUT2D eigenvalue weighted by Crippen LogP contribution is -2.38. The van der Waals surface area contributed by atoms with Crippen molar-refractivity contribution < 1.29 is 25.2 Å². The molecule has 0 bridgehead atoms. The Balaban J connectivity index is 4.61. The van der Waals surface area contributed by atoms with E-state index in [1.54, 1.807) is 0 Å². The number of aliphatic carboxylic acids is 1. The van der Waals surface area contributed by atoms with E-state index in [0.717, 1.165) is 6.92 Å². The summed E-state index contributed by atoms with van der Waals surface area (Å²) in [6.07, 6.45) is -0.758. The van der Waals surface area contributed by atoms with E-state index in [1.165, 1.54) is 6.92 Å². The van der Waals surface area contributed by atoms with E-state index < -0.39 is 17.9 Å². The van der Waals surface area contributed by atoms with Crippen LogP contribution in [0.3, 0.4) is 0 Å². The van der Waals surface area contributed by atoms with Gasteiger partial charge in [0.2, 0.25) is 5.79 Å². The highest BCUT2D eigenvalue weighted by Crippen LogP contribution is 2.10. The van der Waals surface area contributed by atoms with Crippen molar-refractivity contribution in [3.63, 3.8) is 0 Å². The Labute approximate surface area is 69.6 Å². The normalized spacial score (nSPS) is 15.9. The van der Waals surface area contributed by atoms with Gasteiger partial charge in [0.05, 0.1) is 0 Å². The summed E-state index contributed by atoms with van der Waals surface area (Å²) in [7, 11) is 0. The van der Waals surface area contributed by atoms with Crippen molar-refractivity contribution >= 4 is 5.97 Å². The fourth-order valence-electron chi connectivity index (χ4n) is 0.501. The van der Waals surface area contributed by atoms with Gasteiger partial charge in [0.25, 0.3) is 0 Å². The van der Waals surface area contributed by atoms with Crippen molar-refractivity contribution in [3.05, 3.63) is 11.6 Å². The van der Waals surface area contributed by atoms with Crippen molar-refractivity contribution in [2.45, 2.75) is 25.7 Å². The van der Waals surface area contributed by atoms with Crippen LogP contribution in [0, 0.1) is 0 Å². The second-order valence-electron chi connectivity index (χ2n) is 2.59. The molecule has 1 atom stereocenters. The van der Waals surface area contributed by atoms with Crippen molar-refractivity contribution in [2.75, 3.05) is 0 Å². The molecule has 0 amide bonds. The van der Waals surface area contributed by atoms with Crippen molar-refractivity contribution in [3.8, 4) is 0 Å². The number of carboxylic acids is 1. The zero-order chi connectivity index (χ0) is 9.94. The Kier molecular flexibility index (Phi) is 3.38. The standard InChI is InChI=1S/C7H12O5/c1-4(6(9)10)3-7(11,12)5(2)8/h3,5,8,11-12H,1-2H3,(H,9,10)/b4-3+. The van der Waals surface area contributed by atoms with Crippen LogP contribution < -0.4 is 0 Å². The second kappa shape index (κ2) is 3.66. The summed E-state index contributed by atoms with van der Waals surface area (Å²) in [5, 5.41) is 35.1. The molecule has 0 saturated carbocycles. The quantitative estimate of drug-likeness (QED) is 0.329. The number of aliphatic hydroxyl groups is 3. The van der Waals surface area contributed by atoms with Crippen LogP contribution in [0.2, 0.25) is 0 Å². The molecule has 0 aromatic carbocycles. The molecular weight excluding hydrogens is 164 g/mol. The van der Waals surface area contributed by atoms with Crippen LogP contribution >= 0.6 is 0 Å². The number of hydrogen-bond acceptors (Lipinski definition) is 4. The van der Waals surface area contributed by atoms with E-state index in [0.29, 0.717) is 6.08 Å². The van der Waals surface area contributed by atoms with Gasteiger partial charge in [0.15, 0.2) is 0 Å². The number of carbonyl (C=O) groups is 1. The van der Waals surface area contributed by atoms with Gasteiger partial charge < -0.3 is 20.4 Å². The maximum absolute atomic E-state index is 10.2. The molecule has 12 heavy (non-hydrogen) atoms. The molecule has 0 aromatic rings. The Bertz CT molecular complexity index is 204. The van der Waals surface area contributed by atoms with E-state index in [-0.39, 0.29) is 5.57 Å². The van der Waals surface area contributed by atoms with Gasteiger partial charge in [-0.15, -0.1) is 0 Å². The highest BCUT2D eigenvalue weighted by atomic mass is 16.5. The zero-order valence-electron chi connectivity index (χ0n) is 6.85. The molecule has 5 nitrogen and oxygen atoms in total. The zero-order valence-corrected chi connectivity index (χ0v) is 6.85. The average Bonchev–Trinajstić information content (AvgIpc) is 1.85. The Hall–Kier alpha value is -0.910. The lowest BCUT2D eigenvalue weighted by molar-refractivity contribution is -0.183. The lowest BCUT2D eigenvalue weighted by atomic mass is 10.1. The van der Waals surface area contributed by atoms with Gasteiger partial charge in [-0.05, 0) is 19.9 Å². The van der Waals surface area contributed by atoms with Gasteiger partial charge in [0.1, 0.15) is 6.10 Å². The minimum absolute atomic E-state index is 0.235. The van der Waals surface area contributed by atoms with E-state index >= 15 is 0 Å². The van der Waals surface area contributed by atoms with Crippen LogP contribution in [0.4, 0.5) is 0 Å². The maximum atomic E-state index is 10.2. The number of rotatable bonds is 3. The highest BCUT2D eigenvalue weighted by molar-refractivity contribution is 5.85. The molecule has 0 aliphatic carbocycles. The van der Waals surface area contributed by atoms with Crippen LogP contribution in [-0.4, -0.2) is 38.3 Å². The summed E-state index contributed by atoms with van der Waals surface area (Å²) in [6, 6.07) is 0.